The van der Waals surface area contributed by atoms with Crippen molar-refractivity contribution in [2.24, 2.45) is 0 Å². The highest BCUT2D eigenvalue weighted by molar-refractivity contribution is 5.87. The van der Waals surface area contributed by atoms with E-state index < -0.39 is 0 Å². The van der Waals surface area contributed by atoms with Crippen LogP contribution < -0.4 is 0 Å². The molecule has 1 N–H and O–H groups in total. The van der Waals surface area contributed by atoms with Crippen molar-refractivity contribution in [2.45, 2.75) is 5.92 Å². The summed E-state index contributed by atoms with van der Waals surface area (Å²) in [5.41, 5.74) is 4.35. The van der Waals surface area contributed by atoms with Crippen LogP contribution >= 0.6 is 0 Å². The molecular weight excluding hydrogens is 312 g/mol. The summed E-state index contributed by atoms with van der Waals surface area (Å²) in [4.78, 5) is 14.1. The van der Waals surface area contributed by atoms with E-state index >= 15 is 0 Å². The predicted octanol–water partition coefficient (Wildman–Crippen LogP) is 5.26. The SMILES string of the molecule is O=[N+]([O-])c1ccc2[nH]cc(C(c3ccccc3)c3ccccc3)c2c1. The molecule has 0 atom stereocenters. The molecule has 0 spiro atoms. The monoisotopic (exact) mass is 328 g/mol. The maximum atomic E-state index is 11.2. The first-order valence-electron chi connectivity index (χ1n) is 8.09. The van der Waals surface area contributed by atoms with Crippen LogP contribution in [0.15, 0.2) is 85.1 Å². The van der Waals surface area contributed by atoms with E-state index in [-0.39, 0.29) is 16.5 Å². The third kappa shape index (κ3) is 2.78. The highest BCUT2D eigenvalue weighted by atomic mass is 16.6. The van der Waals surface area contributed by atoms with Gasteiger partial charge in [0.15, 0.2) is 0 Å². The van der Waals surface area contributed by atoms with E-state index in [9.17, 15) is 10.1 Å². The van der Waals surface area contributed by atoms with Crippen LogP contribution in [0.4, 0.5) is 5.69 Å². The minimum absolute atomic E-state index is 0.0122. The lowest BCUT2D eigenvalue weighted by atomic mass is 9.85. The minimum Gasteiger partial charge on any atom is -0.361 e. The lowest BCUT2D eigenvalue weighted by molar-refractivity contribution is -0.384. The maximum Gasteiger partial charge on any atom is 0.270 e. The van der Waals surface area contributed by atoms with Crippen molar-refractivity contribution >= 4 is 16.6 Å². The summed E-state index contributed by atoms with van der Waals surface area (Å²) in [7, 11) is 0. The summed E-state index contributed by atoms with van der Waals surface area (Å²) in [6, 6.07) is 25.4. The van der Waals surface area contributed by atoms with Gasteiger partial charge in [0.05, 0.1) is 4.92 Å². The molecule has 0 radical (unpaired) electrons. The Morgan fingerprint density at radius 1 is 0.840 bits per heavy atom. The molecule has 25 heavy (non-hydrogen) atoms. The number of nitrogens with one attached hydrogen (secondary N) is 1. The fourth-order valence-corrected chi connectivity index (χ4v) is 3.33. The quantitative estimate of drug-likeness (QED) is 0.410. The van der Waals surface area contributed by atoms with Gasteiger partial charge < -0.3 is 4.98 Å². The Labute approximate surface area is 144 Å². The van der Waals surface area contributed by atoms with Crippen LogP contribution in [-0.2, 0) is 0 Å². The number of hydrogen-bond acceptors (Lipinski definition) is 2. The smallest absolute Gasteiger partial charge is 0.270 e. The van der Waals surface area contributed by atoms with Crippen LogP contribution in [0.1, 0.15) is 22.6 Å². The standard InChI is InChI=1S/C21H16N2O2/c24-23(25)17-11-12-20-18(13-17)19(14-22-20)21(15-7-3-1-4-8-15)16-9-5-2-6-10-16/h1-14,21-22H. The highest BCUT2D eigenvalue weighted by Crippen LogP contribution is 2.37. The zero-order valence-corrected chi connectivity index (χ0v) is 13.4. The molecule has 0 aliphatic rings. The van der Waals surface area contributed by atoms with Crippen LogP contribution in [0.2, 0.25) is 0 Å². The van der Waals surface area contributed by atoms with Gasteiger partial charge >= 0.3 is 0 Å². The molecule has 0 aliphatic carbocycles. The van der Waals surface area contributed by atoms with Crippen molar-refractivity contribution in [1.29, 1.82) is 0 Å². The van der Waals surface area contributed by atoms with Gasteiger partial charge in [0.25, 0.3) is 5.69 Å². The third-order valence-corrected chi connectivity index (χ3v) is 4.48. The van der Waals surface area contributed by atoms with E-state index in [0.29, 0.717) is 0 Å². The number of nitro benzene ring substituents is 1. The van der Waals surface area contributed by atoms with Crippen molar-refractivity contribution < 1.29 is 4.92 Å². The fourth-order valence-electron chi connectivity index (χ4n) is 3.33. The second-order valence-electron chi connectivity index (χ2n) is 5.99. The second kappa shape index (κ2) is 6.24. The number of nitro groups is 1. The normalized spacial score (nSPS) is 11.1. The average Bonchev–Trinajstić information content (AvgIpc) is 3.07. The van der Waals surface area contributed by atoms with E-state index in [4.69, 9.17) is 0 Å². The van der Waals surface area contributed by atoms with Crippen molar-refractivity contribution in [3.05, 3.63) is 112 Å². The van der Waals surface area contributed by atoms with Gasteiger partial charge in [-0.25, -0.2) is 0 Å². The molecule has 1 aromatic heterocycles. The van der Waals surface area contributed by atoms with Crippen LogP contribution in [-0.4, -0.2) is 9.91 Å². The molecule has 122 valence electrons. The molecule has 0 fully saturated rings. The van der Waals surface area contributed by atoms with E-state index in [1.807, 2.05) is 42.6 Å². The van der Waals surface area contributed by atoms with Gasteiger partial charge in [-0.15, -0.1) is 0 Å². The summed E-state index contributed by atoms with van der Waals surface area (Å²) >= 11 is 0. The topological polar surface area (TPSA) is 58.9 Å². The van der Waals surface area contributed by atoms with Crippen LogP contribution in [0.3, 0.4) is 0 Å². The number of aromatic nitrogens is 1. The third-order valence-electron chi connectivity index (χ3n) is 4.48. The van der Waals surface area contributed by atoms with E-state index in [1.54, 1.807) is 12.1 Å². The van der Waals surface area contributed by atoms with Gasteiger partial charge in [0.1, 0.15) is 0 Å². The number of aromatic amines is 1. The first kappa shape index (κ1) is 15.1. The second-order valence-corrected chi connectivity index (χ2v) is 5.99. The zero-order valence-electron chi connectivity index (χ0n) is 13.4. The Morgan fingerprint density at radius 3 is 2.00 bits per heavy atom. The minimum atomic E-state index is -0.351. The van der Waals surface area contributed by atoms with Crippen LogP contribution in [0.25, 0.3) is 10.9 Å². The fraction of sp³-hybridized carbons (Fsp3) is 0.0476. The predicted molar refractivity (Wildman–Crippen MR) is 98.8 cm³/mol. The number of hydrogen-bond donors (Lipinski definition) is 1. The summed E-state index contributed by atoms with van der Waals surface area (Å²) < 4.78 is 0. The molecule has 0 amide bonds. The number of rotatable bonds is 4. The van der Waals surface area contributed by atoms with Crippen molar-refractivity contribution in [3.8, 4) is 0 Å². The lowest BCUT2D eigenvalue weighted by Crippen LogP contribution is -2.02. The molecule has 0 saturated heterocycles. The number of non-ortho nitro benzene ring substituents is 1. The van der Waals surface area contributed by atoms with Gasteiger partial charge in [-0.1, -0.05) is 60.7 Å². The summed E-state index contributed by atoms with van der Waals surface area (Å²) in [6.45, 7) is 0. The highest BCUT2D eigenvalue weighted by Gasteiger charge is 2.21. The molecular formula is C21H16N2O2. The molecule has 3 aromatic carbocycles. The van der Waals surface area contributed by atoms with Gasteiger partial charge in [0, 0.05) is 35.2 Å². The van der Waals surface area contributed by atoms with E-state index in [1.165, 1.54) is 6.07 Å². The first-order chi connectivity index (χ1) is 12.2. The number of benzene rings is 3. The Morgan fingerprint density at radius 2 is 1.44 bits per heavy atom. The maximum absolute atomic E-state index is 11.2. The number of fused-ring (bicyclic) bond motifs is 1. The Balaban J connectivity index is 1.95. The molecule has 1 heterocycles. The molecule has 4 rings (SSSR count). The molecule has 0 aliphatic heterocycles. The largest absolute Gasteiger partial charge is 0.361 e. The summed E-state index contributed by atoms with van der Waals surface area (Å²) in [5, 5.41) is 12.1. The molecule has 0 bridgehead atoms. The lowest BCUT2D eigenvalue weighted by Gasteiger charge is -2.18. The Bertz CT molecular complexity index is 984. The van der Waals surface area contributed by atoms with E-state index in [2.05, 4.69) is 29.2 Å². The van der Waals surface area contributed by atoms with Gasteiger partial charge in [-0.2, -0.15) is 0 Å². The Hall–Kier alpha value is -3.40. The Kier molecular flexibility index (Phi) is 3.78. The first-order valence-corrected chi connectivity index (χ1v) is 8.09. The molecule has 0 unspecified atom stereocenters. The van der Waals surface area contributed by atoms with E-state index in [0.717, 1.165) is 27.6 Å². The summed E-state index contributed by atoms with van der Waals surface area (Å²) in [5.74, 6) is 0.0122. The zero-order chi connectivity index (χ0) is 17.2. The van der Waals surface area contributed by atoms with Gasteiger partial charge in [-0.05, 0) is 22.8 Å². The summed E-state index contributed by atoms with van der Waals surface area (Å²) in [6.07, 6.45) is 1.96. The number of nitrogens with zero attached hydrogens (tertiary/aromatic N) is 1. The average molecular weight is 328 g/mol. The van der Waals surface area contributed by atoms with Crippen LogP contribution in [0, 0.1) is 10.1 Å². The molecule has 4 aromatic rings. The molecule has 4 nitrogen and oxygen atoms in total. The van der Waals surface area contributed by atoms with Crippen molar-refractivity contribution in [3.63, 3.8) is 0 Å². The van der Waals surface area contributed by atoms with Gasteiger partial charge in [0.2, 0.25) is 0 Å². The molecule has 4 heteroatoms. The van der Waals surface area contributed by atoms with Crippen molar-refractivity contribution in [2.75, 3.05) is 0 Å². The van der Waals surface area contributed by atoms with Crippen molar-refractivity contribution in [1.82, 2.24) is 4.98 Å². The molecule has 0 saturated carbocycles. The van der Waals surface area contributed by atoms with Gasteiger partial charge in [-0.3, -0.25) is 10.1 Å². The number of H-pyrrole nitrogens is 1. The van der Waals surface area contributed by atoms with Crippen LogP contribution in [0.5, 0.6) is 0 Å².